The van der Waals surface area contributed by atoms with E-state index in [4.69, 9.17) is 5.11 Å². The van der Waals surface area contributed by atoms with Gasteiger partial charge in [-0.2, -0.15) is 13.2 Å². The molecule has 0 aromatic heterocycles. The van der Waals surface area contributed by atoms with Gasteiger partial charge in [0.25, 0.3) is 0 Å². The molecule has 0 fully saturated rings. The van der Waals surface area contributed by atoms with Crippen molar-refractivity contribution in [1.29, 1.82) is 0 Å². The molecular weight excluding hydrogens is 173 g/mol. The molecule has 1 atom stereocenters. The summed E-state index contributed by atoms with van der Waals surface area (Å²) in [6.07, 6.45) is -4.57. The molecule has 1 heterocycles. The first-order valence-electron chi connectivity index (χ1n) is 3.59. The van der Waals surface area contributed by atoms with Crippen molar-refractivity contribution in [2.24, 2.45) is 0 Å². The lowest BCUT2D eigenvalue weighted by molar-refractivity contribution is -0.202. The second-order valence-electron chi connectivity index (χ2n) is 2.54. The zero-order valence-corrected chi connectivity index (χ0v) is 6.27. The quantitative estimate of drug-likeness (QED) is 0.667. The molecule has 2 nitrogen and oxygen atoms in total. The Balaban J connectivity index is 2.62. The number of alkyl halides is 3. The number of aliphatic hydroxyl groups is 1. The Bertz CT molecular complexity index is 186. The molecule has 1 aliphatic heterocycles. The number of halogens is 3. The molecule has 1 unspecified atom stereocenters. The third-order valence-electron chi connectivity index (χ3n) is 1.54. The SMILES string of the molecule is OC(C1=CCCCO1)C(F)(F)F. The zero-order valence-electron chi connectivity index (χ0n) is 6.27. The fourth-order valence-corrected chi connectivity index (χ4v) is 0.928. The zero-order chi connectivity index (χ0) is 9.19. The van der Waals surface area contributed by atoms with Crippen molar-refractivity contribution in [3.05, 3.63) is 11.8 Å². The van der Waals surface area contributed by atoms with Gasteiger partial charge < -0.3 is 9.84 Å². The van der Waals surface area contributed by atoms with Crippen LogP contribution in [0.2, 0.25) is 0 Å². The molecule has 5 heteroatoms. The number of ether oxygens (including phenoxy) is 1. The molecule has 1 rings (SSSR count). The minimum absolute atomic E-state index is 0.249. The molecule has 0 saturated carbocycles. The van der Waals surface area contributed by atoms with E-state index in [-0.39, 0.29) is 12.4 Å². The van der Waals surface area contributed by atoms with Crippen LogP contribution in [-0.2, 0) is 4.74 Å². The fraction of sp³-hybridized carbons (Fsp3) is 0.714. The van der Waals surface area contributed by atoms with Crippen LogP contribution in [-0.4, -0.2) is 24.0 Å². The molecule has 0 bridgehead atoms. The summed E-state index contributed by atoms with van der Waals surface area (Å²) in [5.41, 5.74) is 0. The Hall–Kier alpha value is -0.710. The lowest BCUT2D eigenvalue weighted by Gasteiger charge is -2.21. The van der Waals surface area contributed by atoms with Gasteiger partial charge in [0.2, 0.25) is 6.10 Å². The number of allylic oxidation sites excluding steroid dienone is 1. The Morgan fingerprint density at radius 3 is 2.58 bits per heavy atom. The van der Waals surface area contributed by atoms with Gasteiger partial charge in [-0.15, -0.1) is 0 Å². The molecule has 0 amide bonds. The fourth-order valence-electron chi connectivity index (χ4n) is 0.928. The molecule has 0 radical (unpaired) electrons. The summed E-state index contributed by atoms with van der Waals surface area (Å²) in [5, 5.41) is 8.69. The maximum Gasteiger partial charge on any atom is 0.421 e. The van der Waals surface area contributed by atoms with Crippen LogP contribution < -0.4 is 0 Å². The Morgan fingerprint density at radius 1 is 1.50 bits per heavy atom. The van der Waals surface area contributed by atoms with Gasteiger partial charge >= 0.3 is 6.18 Å². The first kappa shape index (κ1) is 9.38. The van der Waals surface area contributed by atoms with Crippen molar-refractivity contribution in [2.75, 3.05) is 6.61 Å². The lowest BCUT2D eigenvalue weighted by atomic mass is 10.2. The van der Waals surface area contributed by atoms with E-state index in [2.05, 4.69) is 4.74 Å². The highest BCUT2D eigenvalue weighted by atomic mass is 19.4. The summed E-state index contributed by atoms with van der Waals surface area (Å²) >= 11 is 0. The largest absolute Gasteiger partial charge is 0.495 e. The molecule has 1 aliphatic rings. The van der Waals surface area contributed by atoms with Gasteiger partial charge in [-0.25, -0.2) is 0 Å². The average Bonchev–Trinajstić information content (AvgIpc) is 2.03. The van der Waals surface area contributed by atoms with Crippen molar-refractivity contribution in [1.82, 2.24) is 0 Å². The highest BCUT2D eigenvalue weighted by Gasteiger charge is 2.42. The van der Waals surface area contributed by atoms with Crippen LogP contribution >= 0.6 is 0 Å². The van der Waals surface area contributed by atoms with Crippen molar-refractivity contribution >= 4 is 0 Å². The highest BCUT2D eigenvalue weighted by Crippen LogP contribution is 2.27. The molecule has 0 aromatic rings. The van der Waals surface area contributed by atoms with Crippen molar-refractivity contribution in [3.63, 3.8) is 0 Å². The molecule has 0 saturated heterocycles. The van der Waals surface area contributed by atoms with Gasteiger partial charge in [-0.3, -0.25) is 0 Å². The van der Waals surface area contributed by atoms with Gasteiger partial charge in [-0.1, -0.05) is 0 Å². The van der Waals surface area contributed by atoms with E-state index >= 15 is 0 Å². The predicted octanol–water partition coefficient (Wildman–Crippen LogP) is 1.60. The number of hydrogen-bond acceptors (Lipinski definition) is 2. The average molecular weight is 182 g/mol. The Kier molecular flexibility index (Phi) is 2.62. The maximum atomic E-state index is 11.9. The van der Waals surface area contributed by atoms with Crippen molar-refractivity contribution in [3.8, 4) is 0 Å². The molecule has 70 valence electrons. The van der Waals surface area contributed by atoms with E-state index < -0.39 is 12.3 Å². The van der Waals surface area contributed by atoms with Crippen LogP contribution in [0.3, 0.4) is 0 Å². The van der Waals surface area contributed by atoms with Crippen molar-refractivity contribution < 1.29 is 23.0 Å². The maximum absolute atomic E-state index is 11.9. The smallest absolute Gasteiger partial charge is 0.421 e. The molecule has 12 heavy (non-hydrogen) atoms. The van der Waals surface area contributed by atoms with Gasteiger partial charge in [0, 0.05) is 0 Å². The second-order valence-corrected chi connectivity index (χ2v) is 2.54. The number of rotatable bonds is 1. The Labute approximate surface area is 67.6 Å². The first-order chi connectivity index (χ1) is 5.52. The van der Waals surface area contributed by atoms with E-state index in [1.165, 1.54) is 6.08 Å². The Morgan fingerprint density at radius 2 is 2.17 bits per heavy atom. The normalized spacial score (nSPS) is 21.2. The number of aliphatic hydroxyl groups excluding tert-OH is 1. The van der Waals surface area contributed by atoms with Crippen LogP contribution in [0.25, 0.3) is 0 Å². The summed E-state index contributed by atoms with van der Waals surface area (Å²) in [7, 11) is 0. The standard InChI is InChI=1S/C7H9F3O2/c8-7(9,10)6(11)5-3-1-2-4-12-5/h3,6,11H,1-2,4H2. The molecular formula is C7H9F3O2. The molecule has 0 aliphatic carbocycles. The summed E-state index contributed by atoms with van der Waals surface area (Å²) < 4.78 is 40.2. The number of hydrogen-bond donors (Lipinski definition) is 1. The topological polar surface area (TPSA) is 29.5 Å². The summed E-state index contributed by atoms with van der Waals surface area (Å²) in [6, 6.07) is 0. The first-order valence-corrected chi connectivity index (χ1v) is 3.59. The van der Waals surface area contributed by atoms with E-state index in [9.17, 15) is 13.2 Å². The molecule has 1 N–H and O–H groups in total. The van der Waals surface area contributed by atoms with Gasteiger partial charge in [-0.05, 0) is 18.9 Å². The van der Waals surface area contributed by atoms with E-state index in [0.29, 0.717) is 12.8 Å². The molecule has 0 spiro atoms. The van der Waals surface area contributed by atoms with Crippen LogP contribution in [0.1, 0.15) is 12.8 Å². The summed E-state index contributed by atoms with van der Waals surface area (Å²) in [4.78, 5) is 0. The van der Waals surface area contributed by atoms with E-state index in [1.54, 1.807) is 0 Å². The van der Waals surface area contributed by atoms with E-state index in [0.717, 1.165) is 0 Å². The minimum Gasteiger partial charge on any atom is -0.495 e. The third-order valence-corrected chi connectivity index (χ3v) is 1.54. The van der Waals surface area contributed by atoms with Gasteiger partial charge in [0.05, 0.1) is 6.61 Å². The van der Waals surface area contributed by atoms with Crippen LogP contribution in [0.4, 0.5) is 13.2 Å². The third kappa shape index (κ3) is 2.14. The predicted molar refractivity (Wildman–Crippen MR) is 35.3 cm³/mol. The second kappa shape index (κ2) is 3.35. The summed E-state index contributed by atoms with van der Waals surface area (Å²) in [6.45, 7) is 0.249. The lowest BCUT2D eigenvalue weighted by Crippen LogP contribution is -2.32. The van der Waals surface area contributed by atoms with Crippen molar-refractivity contribution in [2.45, 2.75) is 25.1 Å². The van der Waals surface area contributed by atoms with Crippen LogP contribution in [0.15, 0.2) is 11.8 Å². The van der Waals surface area contributed by atoms with Gasteiger partial charge in [0.1, 0.15) is 5.76 Å². The van der Waals surface area contributed by atoms with Crippen LogP contribution in [0, 0.1) is 0 Å². The van der Waals surface area contributed by atoms with E-state index in [1.807, 2.05) is 0 Å². The minimum atomic E-state index is -4.62. The monoisotopic (exact) mass is 182 g/mol. The van der Waals surface area contributed by atoms with Crippen LogP contribution in [0.5, 0.6) is 0 Å². The summed E-state index contributed by atoms with van der Waals surface area (Å²) in [5.74, 6) is -0.367. The molecule has 0 aromatic carbocycles. The van der Waals surface area contributed by atoms with Gasteiger partial charge in [0.15, 0.2) is 0 Å². The highest BCUT2D eigenvalue weighted by molar-refractivity contribution is 5.04.